The second kappa shape index (κ2) is 8.66. The molecule has 1 amide bonds. The maximum atomic E-state index is 15.1. The van der Waals surface area contributed by atoms with Crippen LogP contribution in [-0.2, 0) is 4.79 Å². The van der Waals surface area contributed by atoms with Gasteiger partial charge in [-0.15, -0.1) is 0 Å². The average Bonchev–Trinajstić information content (AvgIpc) is 3.20. The summed E-state index contributed by atoms with van der Waals surface area (Å²) in [6, 6.07) is 1.64. The Morgan fingerprint density at radius 3 is 2.78 bits per heavy atom. The summed E-state index contributed by atoms with van der Waals surface area (Å²) in [6.45, 7) is 1.81. The number of H-pyrrole nitrogens is 1. The molecule has 0 saturated carbocycles. The molecule has 0 spiro atoms. The molecule has 10 heteroatoms. The molecule has 0 aliphatic heterocycles. The molecule has 3 heterocycles. The van der Waals surface area contributed by atoms with Gasteiger partial charge in [-0.05, 0) is 12.5 Å². The molecular weight excluding hydrogens is 418 g/mol. The fourth-order valence-electron chi connectivity index (χ4n) is 3.46. The number of anilines is 1. The lowest BCUT2D eigenvalue weighted by atomic mass is 9.92. The Balaban J connectivity index is 1.72. The Morgan fingerprint density at radius 2 is 2.06 bits per heavy atom. The van der Waals surface area contributed by atoms with Crippen LogP contribution in [0.15, 0.2) is 54.0 Å². The first-order valence-corrected chi connectivity index (χ1v) is 10.0. The van der Waals surface area contributed by atoms with Gasteiger partial charge in [0, 0.05) is 41.7 Å². The largest absolute Gasteiger partial charge is 0.382 e. The van der Waals surface area contributed by atoms with Crippen LogP contribution in [0.1, 0.15) is 36.5 Å². The van der Waals surface area contributed by atoms with Crippen molar-refractivity contribution in [3.05, 3.63) is 59.6 Å². The normalized spacial score (nSPS) is 16.2. The summed E-state index contributed by atoms with van der Waals surface area (Å²) in [5.41, 5.74) is 6.22. The number of nitrogen functional groups attached to an aromatic ring is 1. The Bertz CT molecular complexity index is 1260. The SMILES string of the molecule is CCCC(=O)NC1=CCC(F)C(C(=O)c2c[nH]c3ncc(-c4cnc(N)cn4)cc23)=C1F. The van der Waals surface area contributed by atoms with Crippen molar-refractivity contribution in [3.63, 3.8) is 0 Å². The minimum atomic E-state index is -1.83. The molecule has 1 atom stereocenters. The van der Waals surface area contributed by atoms with Gasteiger partial charge >= 0.3 is 0 Å². The van der Waals surface area contributed by atoms with Gasteiger partial charge in [-0.2, -0.15) is 0 Å². The minimum Gasteiger partial charge on any atom is -0.382 e. The third kappa shape index (κ3) is 3.98. The Hall–Kier alpha value is -3.95. The van der Waals surface area contributed by atoms with Crippen molar-refractivity contribution in [1.82, 2.24) is 25.3 Å². The van der Waals surface area contributed by atoms with E-state index in [9.17, 15) is 14.0 Å². The summed E-state index contributed by atoms with van der Waals surface area (Å²) in [4.78, 5) is 40.3. The highest BCUT2D eigenvalue weighted by Gasteiger charge is 2.32. The second-order valence-corrected chi connectivity index (χ2v) is 7.33. The summed E-state index contributed by atoms with van der Waals surface area (Å²) in [5.74, 6) is -2.03. The standard InChI is InChI=1S/C22H20F2N6O2/c1-2-3-18(31)30-15-5-4-14(23)19(20(15)24)21(32)13-8-29-22-12(13)6-11(7-28-22)16-9-27-17(25)10-26-16/h5-10,14H,2-4H2,1H3,(H2,25,27)(H,28,29)(H,30,31). The third-order valence-corrected chi connectivity index (χ3v) is 5.05. The van der Waals surface area contributed by atoms with Crippen LogP contribution in [0.2, 0.25) is 0 Å². The molecule has 4 N–H and O–H groups in total. The lowest BCUT2D eigenvalue weighted by Gasteiger charge is -2.19. The summed E-state index contributed by atoms with van der Waals surface area (Å²) in [6.07, 6.45) is 5.71. The molecular formula is C22H20F2N6O2. The number of nitrogens with zero attached hydrogens (tertiary/aromatic N) is 3. The van der Waals surface area contributed by atoms with E-state index >= 15 is 4.39 Å². The van der Waals surface area contributed by atoms with Gasteiger partial charge in [0.25, 0.3) is 0 Å². The maximum Gasteiger partial charge on any atom is 0.224 e. The predicted octanol–water partition coefficient (Wildman–Crippen LogP) is 3.55. The minimum absolute atomic E-state index is 0.0617. The molecule has 3 aromatic heterocycles. The zero-order valence-corrected chi connectivity index (χ0v) is 17.2. The number of nitrogens with two attached hydrogens (primary N) is 1. The molecule has 0 fully saturated rings. The van der Waals surface area contributed by atoms with Gasteiger partial charge < -0.3 is 16.0 Å². The van der Waals surface area contributed by atoms with Gasteiger partial charge in [0.15, 0.2) is 11.6 Å². The number of aromatic amines is 1. The molecule has 0 bridgehead atoms. The molecule has 164 valence electrons. The second-order valence-electron chi connectivity index (χ2n) is 7.33. The van der Waals surface area contributed by atoms with Gasteiger partial charge in [-0.1, -0.05) is 13.0 Å². The van der Waals surface area contributed by atoms with Crippen LogP contribution in [0.4, 0.5) is 14.6 Å². The van der Waals surface area contributed by atoms with Gasteiger partial charge in [-0.3, -0.25) is 14.6 Å². The Kier molecular flexibility index (Phi) is 5.76. The summed E-state index contributed by atoms with van der Waals surface area (Å²) < 4.78 is 29.7. The molecule has 3 aromatic rings. The number of carbonyl (C=O) groups excluding carboxylic acids is 2. The number of hydrogen-bond acceptors (Lipinski definition) is 6. The van der Waals surface area contributed by atoms with E-state index in [1.165, 1.54) is 30.9 Å². The fraction of sp³-hybridized carbons (Fsp3) is 0.227. The molecule has 32 heavy (non-hydrogen) atoms. The Morgan fingerprint density at radius 1 is 1.25 bits per heavy atom. The number of halogens is 2. The quantitative estimate of drug-likeness (QED) is 0.505. The van der Waals surface area contributed by atoms with Crippen LogP contribution in [0.25, 0.3) is 22.3 Å². The predicted molar refractivity (Wildman–Crippen MR) is 115 cm³/mol. The first-order chi connectivity index (χ1) is 15.4. The van der Waals surface area contributed by atoms with Crippen molar-refractivity contribution in [3.8, 4) is 11.3 Å². The number of hydrogen-bond donors (Lipinski definition) is 3. The topological polar surface area (TPSA) is 127 Å². The van der Waals surface area contributed by atoms with E-state index in [1.807, 2.05) is 6.92 Å². The number of allylic oxidation sites excluding steroid dienone is 3. The van der Waals surface area contributed by atoms with Crippen molar-refractivity contribution in [2.45, 2.75) is 32.4 Å². The number of carbonyl (C=O) groups is 2. The van der Waals surface area contributed by atoms with Crippen LogP contribution >= 0.6 is 0 Å². The number of fused-ring (bicyclic) bond motifs is 1. The summed E-state index contributed by atoms with van der Waals surface area (Å²) in [5, 5.41) is 2.80. The number of aromatic nitrogens is 4. The van der Waals surface area contributed by atoms with E-state index in [0.29, 0.717) is 28.7 Å². The molecule has 1 aliphatic rings. The lowest BCUT2D eigenvalue weighted by molar-refractivity contribution is -0.120. The van der Waals surface area contributed by atoms with E-state index < -0.39 is 29.3 Å². The van der Waals surface area contributed by atoms with Crippen molar-refractivity contribution in [2.24, 2.45) is 0 Å². The zero-order valence-electron chi connectivity index (χ0n) is 17.2. The van der Waals surface area contributed by atoms with Crippen LogP contribution in [0, 0.1) is 0 Å². The molecule has 0 radical (unpaired) electrons. The van der Waals surface area contributed by atoms with Gasteiger partial charge in [-0.25, -0.2) is 18.7 Å². The van der Waals surface area contributed by atoms with Gasteiger partial charge in [0.2, 0.25) is 5.91 Å². The average molecular weight is 438 g/mol. The number of amides is 1. The van der Waals surface area contributed by atoms with Crippen LogP contribution in [0.3, 0.4) is 0 Å². The first-order valence-electron chi connectivity index (χ1n) is 10.0. The van der Waals surface area contributed by atoms with Crippen molar-refractivity contribution in [1.29, 1.82) is 0 Å². The summed E-state index contributed by atoms with van der Waals surface area (Å²) >= 11 is 0. The number of rotatable bonds is 6. The third-order valence-electron chi connectivity index (χ3n) is 5.05. The highest BCUT2D eigenvalue weighted by Crippen LogP contribution is 2.32. The van der Waals surface area contributed by atoms with E-state index in [0.717, 1.165) is 0 Å². The van der Waals surface area contributed by atoms with Gasteiger partial charge in [0.05, 0.1) is 29.4 Å². The molecule has 1 aliphatic carbocycles. The highest BCUT2D eigenvalue weighted by molar-refractivity contribution is 6.17. The molecule has 4 rings (SSSR count). The van der Waals surface area contributed by atoms with Crippen molar-refractivity contribution < 1.29 is 18.4 Å². The van der Waals surface area contributed by atoms with Crippen molar-refractivity contribution >= 4 is 28.5 Å². The smallest absolute Gasteiger partial charge is 0.224 e. The molecule has 1 unspecified atom stereocenters. The number of nitrogens with one attached hydrogen (secondary N) is 2. The van der Waals surface area contributed by atoms with E-state index in [2.05, 4.69) is 25.3 Å². The zero-order chi connectivity index (χ0) is 22.8. The molecule has 8 nitrogen and oxygen atoms in total. The van der Waals surface area contributed by atoms with Crippen LogP contribution in [-0.4, -0.2) is 37.8 Å². The Labute approximate surface area is 181 Å². The van der Waals surface area contributed by atoms with E-state index in [-0.39, 0.29) is 29.9 Å². The van der Waals surface area contributed by atoms with Crippen LogP contribution < -0.4 is 11.1 Å². The maximum absolute atomic E-state index is 15.1. The van der Waals surface area contributed by atoms with E-state index in [1.54, 1.807) is 6.07 Å². The molecule has 0 aromatic carbocycles. The first kappa shape index (κ1) is 21.3. The number of pyridine rings is 1. The highest BCUT2D eigenvalue weighted by atomic mass is 19.1. The number of Topliss-reactive ketones (excluding diaryl/α,β-unsaturated/α-hetero) is 1. The fourth-order valence-corrected chi connectivity index (χ4v) is 3.46. The monoisotopic (exact) mass is 438 g/mol. The van der Waals surface area contributed by atoms with Crippen molar-refractivity contribution in [2.75, 3.05) is 5.73 Å². The number of alkyl halides is 1. The lowest BCUT2D eigenvalue weighted by Crippen LogP contribution is -2.28. The molecule has 0 saturated heterocycles. The van der Waals surface area contributed by atoms with Crippen LogP contribution in [0.5, 0.6) is 0 Å². The number of ketones is 1. The summed E-state index contributed by atoms with van der Waals surface area (Å²) in [7, 11) is 0. The van der Waals surface area contributed by atoms with Gasteiger partial charge in [0.1, 0.15) is 17.6 Å². The van der Waals surface area contributed by atoms with E-state index in [4.69, 9.17) is 5.73 Å².